The van der Waals surface area contributed by atoms with Gasteiger partial charge in [-0.1, -0.05) is 25.7 Å². The highest BCUT2D eigenvalue weighted by Crippen LogP contribution is 2.35. The van der Waals surface area contributed by atoms with Crippen LogP contribution in [-0.4, -0.2) is 39.0 Å². The average Bonchev–Trinajstić information content (AvgIpc) is 2.89. The van der Waals surface area contributed by atoms with E-state index in [0.29, 0.717) is 6.04 Å². The Morgan fingerprint density at radius 2 is 1.94 bits per heavy atom. The summed E-state index contributed by atoms with van der Waals surface area (Å²) in [7, 11) is 3.94. The Kier molecular flexibility index (Phi) is 4.83. The van der Waals surface area contributed by atoms with Gasteiger partial charge in [0.05, 0.1) is 5.60 Å². The first-order valence-corrected chi connectivity index (χ1v) is 7.11. The Labute approximate surface area is 105 Å². The van der Waals surface area contributed by atoms with Crippen LogP contribution in [0.3, 0.4) is 0 Å². The monoisotopic (exact) mass is 241 g/mol. The van der Waals surface area contributed by atoms with Crippen LogP contribution in [-0.2, 0) is 9.47 Å². The predicted molar refractivity (Wildman–Crippen MR) is 69.2 cm³/mol. The molecular formula is C14H27NO2. The van der Waals surface area contributed by atoms with E-state index in [-0.39, 0.29) is 5.60 Å². The van der Waals surface area contributed by atoms with Crippen LogP contribution in [0.1, 0.15) is 44.9 Å². The van der Waals surface area contributed by atoms with Gasteiger partial charge in [0, 0.05) is 39.2 Å². The van der Waals surface area contributed by atoms with Gasteiger partial charge in [0.2, 0.25) is 0 Å². The molecular weight excluding hydrogens is 214 g/mol. The molecule has 1 heterocycles. The smallest absolute Gasteiger partial charge is 0.0874 e. The summed E-state index contributed by atoms with van der Waals surface area (Å²) in [6, 6.07) is 0.486. The number of methoxy groups -OCH3 is 1. The van der Waals surface area contributed by atoms with Crippen molar-refractivity contribution in [3.05, 3.63) is 0 Å². The minimum absolute atomic E-state index is 0.00951. The Morgan fingerprint density at radius 1 is 1.29 bits per heavy atom. The van der Waals surface area contributed by atoms with Gasteiger partial charge in [-0.25, -0.2) is 0 Å². The number of ether oxygens (including phenoxy) is 2. The second-order valence-corrected chi connectivity index (χ2v) is 5.61. The van der Waals surface area contributed by atoms with E-state index in [1.807, 2.05) is 7.11 Å². The lowest BCUT2D eigenvalue weighted by Gasteiger charge is -2.43. The van der Waals surface area contributed by atoms with E-state index in [4.69, 9.17) is 9.47 Å². The van der Waals surface area contributed by atoms with Crippen molar-refractivity contribution in [3.8, 4) is 0 Å². The minimum Gasteiger partial charge on any atom is -0.381 e. The second-order valence-electron chi connectivity index (χ2n) is 5.61. The zero-order valence-electron chi connectivity index (χ0n) is 11.3. The van der Waals surface area contributed by atoms with Crippen LogP contribution in [0.5, 0.6) is 0 Å². The van der Waals surface area contributed by atoms with Crippen LogP contribution in [0.25, 0.3) is 0 Å². The fraction of sp³-hybridized carbons (Fsp3) is 1.00. The number of nitrogens with one attached hydrogen (secondary N) is 1. The molecule has 1 saturated heterocycles. The van der Waals surface area contributed by atoms with Crippen LogP contribution in [0.4, 0.5) is 0 Å². The standard InChI is InChI=1S/C14H27NO2/c1-15-13(11-12-5-3-4-6-12)14(16-2)7-9-17-10-8-14/h12-13,15H,3-11H2,1-2H3. The van der Waals surface area contributed by atoms with E-state index in [1.54, 1.807) is 0 Å². The van der Waals surface area contributed by atoms with Gasteiger partial charge >= 0.3 is 0 Å². The van der Waals surface area contributed by atoms with Gasteiger partial charge in [-0.05, 0) is 19.4 Å². The molecule has 0 aromatic heterocycles. The average molecular weight is 241 g/mol. The summed E-state index contributed by atoms with van der Waals surface area (Å²) in [5.74, 6) is 0.905. The summed E-state index contributed by atoms with van der Waals surface area (Å²) in [5.41, 5.74) is 0.00951. The third kappa shape index (κ3) is 3.01. The molecule has 1 N–H and O–H groups in total. The van der Waals surface area contributed by atoms with Gasteiger partial charge in [0.15, 0.2) is 0 Å². The van der Waals surface area contributed by atoms with Crippen molar-refractivity contribution >= 4 is 0 Å². The fourth-order valence-electron chi connectivity index (χ4n) is 3.59. The lowest BCUT2D eigenvalue weighted by molar-refractivity contribution is -0.112. The van der Waals surface area contributed by atoms with Crippen LogP contribution in [0, 0.1) is 5.92 Å². The summed E-state index contributed by atoms with van der Waals surface area (Å²) >= 11 is 0. The van der Waals surface area contributed by atoms with Crippen LogP contribution in [0.15, 0.2) is 0 Å². The topological polar surface area (TPSA) is 30.5 Å². The number of likely N-dealkylation sites (N-methyl/N-ethyl adjacent to an activating group) is 1. The van der Waals surface area contributed by atoms with Crippen molar-refractivity contribution in [2.45, 2.75) is 56.6 Å². The lowest BCUT2D eigenvalue weighted by atomic mass is 9.81. The molecule has 3 heteroatoms. The van der Waals surface area contributed by atoms with Crippen molar-refractivity contribution in [2.75, 3.05) is 27.4 Å². The van der Waals surface area contributed by atoms with Crippen molar-refractivity contribution in [1.82, 2.24) is 5.32 Å². The molecule has 3 nitrogen and oxygen atoms in total. The molecule has 1 aliphatic carbocycles. The highest BCUT2D eigenvalue weighted by atomic mass is 16.5. The Morgan fingerprint density at radius 3 is 2.47 bits per heavy atom. The van der Waals surface area contributed by atoms with Gasteiger partial charge in [-0.2, -0.15) is 0 Å². The van der Waals surface area contributed by atoms with E-state index < -0.39 is 0 Å². The first-order chi connectivity index (χ1) is 8.30. The molecule has 0 aromatic rings. The highest BCUT2D eigenvalue weighted by Gasteiger charge is 2.40. The Hall–Kier alpha value is -0.120. The predicted octanol–water partition coefficient (Wildman–Crippen LogP) is 2.35. The largest absolute Gasteiger partial charge is 0.381 e. The molecule has 0 aromatic carbocycles. The summed E-state index contributed by atoms with van der Waals surface area (Å²) in [6.07, 6.45) is 8.99. The molecule has 1 unspecified atom stereocenters. The molecule has 1 saturated carbocycles. The van der Waals surface area contributed by atoms with Gasteiger partial charge in [0.1, 0.15) is 0 Å². The van der Waals surface area contributed by atoms with Crippen LogP contribution in [0.2, 0.25) is 0 Å². The fourth-order valence-corrected chi connectivity index (χ4v) is 3.59. The molecule has 100 valence electrons. The third-order valence-electron chi connectivity index (χ3n) is 4.77. The molecule has 1 aliphatic heterocycles. The van der Waals surface area contributed by atoms with Crippen LogP contribution >= 0.6 is 0 Å². The quantitative estimate of drug-likeness (QED) is 0.801. The first kappa shape index (κ1) is 13.3. The number of hydrogen-bond acceptors (Lipinski definition) is 3. The van der Waals surface area contributed by atoms with Gasteiger partial charge in [0.25, 0.3) is 0 Å². The maximum Gasteiger partial charge on any atom is 0.0874 e. The number of hydrogen-bond donors (Lipinski definition) is 1. The zero-order chi connectivity index (χ0) is 12.1. The molecule has 2 aliphatic rings. The van der Waals surface area contributed by atoms with Gasteiger partial charge < -0.3 is 14.8 Å². The van der Waals surface area contributed by atoms with Crippen LogP contribution < -0.4 is 5.32 Å². The summed E-state index contributed by atoms with van der Waals surface area (Å²) in [5, 5.41) is 3.51. The Balaban J connectivity index is 1.97. The first-order valence-electron chi connectivity index (χ1n) is 7.11. The highest BCUT2D eigenvalue weighted by molar-refractivity contribution is 4.95. The minimum atomic E-state index is 0.00951. The van der Waals surface area contributed by atoms with E-state index in [9.17, 15) is 0 Å². The van der Waals surface area contributed by atoms with Crippen molar-refractivity contribution in [3.63, 3.8) is 0 Å². The second kappa shape index (κ2) is 6.17. The molecule has 0 spiro atoms. The Bertz CT molecular complexity index is 220. The van der Waals surface area contributed by atoms with Gasteiger partial charge in [-0.3, -0.25) is 0 Å². The molecule has 0 bridgehead atoms. The SMILES string of the molecule is CNC(CC1CCCC1)C1(OC)CCOCC1. The zero-order valence-corrected chi connectivity index (χ0v) is 11.3. The summed E-state index contributed by atoms with van der Waals surface area (Å²) < 4.78 is 11.4. The molecule has 17 heavy (non-hydrogen) atoms. The molecule has 0 amide bonds. The van der Waals surface area contributed by atoms with Crippen molar-refractivity contribution in [1.29, 1.82) is 0 Å². The molecule has 0 radical (unpaired) electrons. The van der Waals surface area contributed by atoms with E-state index in [1.165, 1.54) is 32.1 Å². The molecule has 2 rings (SSSR count). The lowest BCUT2D eigenvalue weighted by Crippen LogP contribution is -2.54. The van der Waals surface area contributed by atoms with Crippen molar-refractivity contribution < 1.29 is 9.47 Å². The normalized spacial score (nSPS) is 27.2. The van der Waals surface area contributed by atoms with E-state index >= 15 is 0 Å². The van der Waals surface area contributed by atoms with Crippen molar-refractivity contribution in [2.24, 2.45) is 5.92 Å². The molecule has 1 atom stereocenters. The third-order valence-corrected chi connectivity index (χ3v) is 4.77. The van der Waals surface area contributed by atoms with Gasteiger partial charge in [-0.15, -0.1) is 0 Å². The maximum atomic E-state index is 5.90. The molecule has 2 fully saturated rings. The summed E-state index contributed by atoms with van der Waals surface area (Å²) in [4.78, 5) is 0. The van der Waals surface area contributed by atoms with E-state index in [0.717, 1.165) is 32.0 Å². The summed E-state index contributed by atoms with van der Waals surface area (Å²) in [6.45, 7) is 1.69. The maximum absolute atomic E-state index is 5.90. The number of rotatable bonds is 5. The van der Waals surface area contributed by atoms with E-state index in [2.05, 4.69) is 12.4 Å².